The monoisotopic (exact) mass is 476 g/mol. The van der Waals surface area contributed by atoms with E-state index in [1.807, 2.05) is 55.5 Å². The molecule has 1 aliphatic rings. The van der Waals surface area contributed by atoms with Crippen LogP contribution < -0.4 is 17.0 Å². The molecular weight excluding hydrogens is 444 g/mol. The van der Waals surface area contributed by atoms with Crippen molar-refractivity contribution in [1.29, 1.82) is 0 Å². The van der Waals surface area contributed by atoms with Gasteiger partial charge in [-0.25, -0.2) is 19.1 Å². The van der Waals surface area contributed by atoms with E-state index in [9.17, 15) is 14.4 Å². The lowest BCUT2D eigenvalue weighted by Gasteiger charge is -2.14. The largest absolute Gasteiger partial charge is 0.469 e. The van der Waals surface area contributed by atoms with Crippen molar-refractivity contribution in [2.75, 3.05) is 7.11 Å². The Morgan fingerprint density at radius 1 is 1.06 bits per heavy atom. The van der Waals surface area contributed by atoms with Crippen LogP contribution in [-0.2, 0) is 29.0 Å². The van der Waals surface area contributed by atoms with E-state index in [0.29, 0.717) is 5.69 Å². The number of aromatic nitrogens is 3. The Morgan fingerprint density at radius 2 is 1.71 bits per heavy atom. The zero-order valence-corrected chi connectivity index (χ0v) is 20.5. The molecule has 0 bridgehead atoms. The summed E-state index contributed by atoms with van der Waals surface area (Å²) in [5.74, 6) is -0.270. The number of carbonyl (C=O) groups excluding carboxylic acids is 1. The van der Waals surface area contributed by atoms with Gasteiger partial charge in [0.2, 0.25) is 5.62 Å². The van der Waals surface area contributed by atoms with Gasteiger partial charge in [-0.2, -0.15) is 0 Å². The van der Waals surface area contributed by atoms with Gasteiger partial charge in [0.1, 0.15) is 0 Å². The van der Waals surface area contributed by atoms with Crippen molar-refractivity contribution in [2.24, 2.45) is 16.8 Å². The van der Waals surface area contributed by atoms with Gasteiger partial charge in [-0.15, -0.1) is 0 Å². The second kappa shape index (κ2) is 10.7. The molecular formula is C27H32N4O4. The molecule has 2 aromatic carbocycles. The van der Waals surface area contributed by atoms with Crippen molar-refractivity contribution in [3.63, 3.8) is 0 Å². The fourth-order valence-electron chi connectivity index (χ4n) is 4.01. The molecule has 4 rings (SSSR count). The average molecular weight is 477 g/mol. The first kappa shape index (κ1) is 24.4. The highest BCUT2D eigenvalue weighted by molar-refractivity contribution is 5.71. The number of aryl methyl sites for hydroxylation is 2. The third-order valence-corrected chi connectivity index (χ3v) is 6.41. The molecule has 0 unspecified atom stereocenters. The fourth-order valence-corrected chi connectivity index (χ4v) is 4.01. The number of benzene rings is 2. The molecule has 1 aliphatic carbocycles. The number of hydrogen-bond acceptors (Lipinski definition) is 5. The van der Waals surface area contributed by atoms with Crippen LogP contribution in [0.5, 0.6) is 0 Å². The molecule has 0 radical (unpaired) electrons. The van der Waals surface area contributed by atoms with E-state index < -0.39 is 23.3 Å². The molecule has 1 heterocycles. The van der Waals surface area contributed by atoms with Crippen molar-refractivity contribution in [2.45, 2.75) is 52.6 Å². The Labute approximate surface area is 203 Å². The second-order valence-corrected chi connectivity index (χ2v) is 9.40. The van der Waals surface area contributed by atoms with E-state index in [2.05, 4.69) is 9.98 Å². The Kier molecular flexibility index (Phi) is 7.48. The number of hydrogen-bond donors (Lipinski definition) is 1. The number of H-pyrrole nitrogens is 1. The number of esters is 1. The molecule has 35 heavy (non-hydrogen) atoms. The van der Waals surface area contributed by atoms with Crippen LogP contribution in [0.2, 0.25) is 0 Å². The quantitative estimate of drug-likeness (QED) is 0.480. The van der Waals surface area contributed by atoms with Crippen LogP contribution in [0, 0.1) is 18.8 Å². The average Bonchev–Trinajstić information content (AvgIpc) is 3.69. The number of rotatable bonds is 9. The van der Waals surface area contributed by atoms with Gasteiger partial charge in [0.25, 0.3) is 0 Å². The van der Waals surface area contributed by atoms with Crippen molar-refractivity contribution in [3.05, 3.63) is 91.8 Å². The van der Waals surface area contributed by atoms with Gasteiger partial charge in [-0.3, -0.25) is 14.3 Å². The molecule has 1 fully saturated rings. The summed E-state index contributed by atoms with van der Waals surface area (Å²) in [4.78, 5) is 45.5. The smallest absolute Gasteiger partial charge is 0.335 e. The topological polar surface area (TPSA) is 98.4 Å². The molecule has 8 nitrogen and oxygen atoms in total. The van der Waals surface area contributed by atoms with E-state index in [0.717, 1.165) is 28.0 Å². The summed E-state index contributed by atoms with van der Waals surface area (Å²) in [6.07, 6.45) is 4.93. The number of carbonyl (C=O) groups is 1. The number of nitrogens with one attached hydrogen (secondary N) is 1. The van der Waals surface area contributed by atoms with Crippen LogP contribution >= 0.6 is 0 Å². The number of ether oxygens (including phenoxy) is 1. The van der Waals surface area contributed by atoms with E-state index in [4.69, 9.17) is 4.74 Å². The highest BCUT2D eigenvalue weighted by Crippen LogP contribution is 2.33. The maximum atomic E-state index is 13.4. The first-order valence-electron chi connectivity index (χ1n) is 12.0. The molecule has 1 aromatic heterocycles. The Morgan fingerprint density at radius 3 is 2.34 bits per heavy atom. The summed E-state index contributed by atoms with van der Waals surface area (Å²) >= 11 is 0. The standard InChI is InChI=1S/C27H32N4O4/c1-18-4-6-22(7-5-18)17-30-25(28-23-14-12-21(13-15-23)11-10-20-8-9-20)29-26(33)31(27(30)34)16-19(2)24(32)35-3/h4-7,12-15,19-20H,8-11,16-17H2,1-3H3,(H,28,29,33)/t19-/m0/s1. The minimum Gasteiger partial charge on any atom is -0.469 e. The lowest BCUT2D eigenvalue weighted by molar-refractivity contribution is -0.145. The van der Waals surface area contributed by atoms with Gasteiger partial charge in [-0.05, 0) is 48.9 Å². The first-order valence-corrected chi connectivity index (χ1v) is 12.0. The van der Waals surface area contributed by atoms with Crippen molar-refractivity contribution in [1.82, 2.24) is 14.1 Å². The van der Waals surface area contributed by atoms with Crippen LogP contribution in [0.25, 0.3) is 0 Å². The van der Waals surface area contributed by atoms with E-state index in [-0.39, 0.29) is 18.7 Å². The van der Waals surface area contributed by atoms with Gasteiger partial charge in [0.15, 0.2) is 0 Å². The van der Waals surface area contributed by atoms with Crippen LogP contribution in [0.3, 0.4) is 0 Å². The molecule has 0 saturated heterocycles. The van der Waals surface area contributed by atoms with Gasteiger partial charge in [0.05, 0.1) is 25.3 Å². The molecule has 1 N–H and O–H groups in total. The Balaban J connectivity index is 1.72. The molecule has 1 atom stereocenters. The number of aromatic amines is 1. The molecule has 0 amide bonds. The van der Waals surface area contributed by atoms with Crippen LogP contribution in [0.1, 0.15) is 42.9 Å². The normalized spacial score (nSPS) is 14.7. The van der Waals surface area contributed by atoms with E-state index in [1.54, 1.807) is 6.92 Å². The Hall–Kier alpha value is -3.68. The summed E-state index contributed by atoms with van der Waals surface area (Å²) < 4.78 is 7.21. The summed E-state index contributed by atoms with van der Waals surface area (Å²) in [5, 5.41) is 0. The van der Waals surface area contributed by atoms with Crippen LogP contribution in [-0.4, -0.2) is 27.2 Å². The van der Waals surface area contributed by atoms with Gasteiger partial charge in [-0.1, -0.05) is 61.7 Å². The zero-order chi connectivity index (χ0) is 24.9. The summed E-state index contributed by atoms with van der Waals surface area (Å²) in [6, 6.07) is 15.7. The zero-order valence-electron chi connectivity index (χ0n) is 20.5. The first-order chi connectivity index (χ1) is 16.8. The summed E-state index contributed by atoms with van der Waals surface area (Å²) in [7, 11) is 1.28. The van der Waals surface area contributed by atoms with Gasteiger partial charge < -0.3 is 4.74 Å². The minimum atomic E-state index is -0.655. The molecule has 3 aromatic rings. The fraction of sp³-hybridized carbons (Fsp3) is 0.407. The van der Waals surface area contributed by atoms with Crippen LogP contribution in [0.15, 0.2) is 63.1 Å². The van der Waals surface area contributed by atoms with Crippen LogP contribution in [0.4, 0.5) is 5.69 Å². The second-order valence-electron chi connectivity index (χ2n) is 9.40. The number of methoxy groups -OCH3 is 1. The van der Waals surface area contributed by atoms with Crippen molar-refractivity contribution in [3.8, 4) is 0 Å². The molecule has 1 saturated carbocycles. The molecule has 184 valence electrons. The SMILES string of the molecule is COC(=O)[C@@H](C)Cn1c(=O)[nH]/c(=N\c2ccc(CCC3CC3)cc2)n(Cc2ccc(C)cc2)c1=O. The molecule has 0 spiro atoms. The highest BCUT2D eigenvalue weighted by atomic mass is 16.5. The predicted molar refractivity (Wildman–Crippen MR) is 133 cm³/mol. The third-order valence-electron chi connectivity index (χ3n) is 6.41. The maximum absolute atomic E-state index is 13.4. The number of nitrogens with zero attached hydrogens (tertiary/aromatic N) is 3. The summed E-state index contributed by atoms with van der Waals surface area (Å²) in [6.45, 7) is 3.74. The van der Waals surface area contributed by atoms with E-state index >= 15 is 0 Å². The summed E-state index contributed by atoms with van der Waals surface area (Å²) in [5.41, 5.74) is 2.90. The molecule has 0 aliphatic heterocycles. The van der Waals surface area contributed by atoms with Crippen molar-refractivity contribution >= 4 is 11.7 Å². The van der Waals surface area contributed by atoms with E-state index in [1.165, 1.54) is 36.5 Å². The maximum Gasteiger partial charge on any atom is 0.335 e. The minimum absolute atomic E-state index is 0.0926. The Bertz CT molecular complexity index is 1360. The lowest BCUT2D eigenvalue weighted by Crippen LogP contribution is -2.51. The predicted octanol–water partition coefficient (Wildman–Crippen LogP) is 3.08. The highest BCUT2D eigenvalue weighted by Gasteiger charge is 2.20. The van der Waals surface area contributed by atoms with Crippen molar-refractivity contribution < 1.29 is 9.53 Å². The van der Waals surface area contributed by atoms with Gasteiger partial charge in [0, 0.05) is 6.54 Å². The molecule has 8 heteroatoms. The third kappa shape index (κ3) is 6.26. The van der Waals surface area contributed by atoms with Gasteiger partial charge >= 0.3 is 17.3 Å². The lowest BCUT2D eigenvalue weighted by atomic mass is 10.1.